The first kappa shape index (κ1) is 16.2. The number of hydrogen-bond acceptors (Lipinski definition) is 3. The molecule has 0 aliphatic rings. The number of nitrogens with two attached hydrogens (primary N) is 1. The van der Waals surface area contributed by atoms with E-state index in [0.717, 1.165) is 25.3 Å². The molecule has 1 heterocycles. The monoisotopic (exact) mass is 339 g/mol. The lowest BCUT2D eigenvalue weighted by molar-refractivity contribution is -0.137. The van der Waals surface area contributed by atoms with Crippen molar-refractivity contribution in [1.29, 1.82) is 0 Å². The summed E-state index contributed by atoms with van der Waals surface area (Å²) in [4.78, 5) is 3.81. The predicted octanol–water partition coefficient (Wildman–Crippen LogP) is 3.79. The molecule has 0 saturated heterocycles. The number of halogens is 4. The van der Waals surface area contributed by atoms with Crippen molar-refractivity contribution in [3.05, 3.63) is 22.3 Å². The van der Waals surface area contributed by atoms with E-state index in [2.05, 4.69) is 26.2 Å². The third-order valence-corrected chi connectivity index (χ3v) is 3.12. The van der Waals surface area contributed by atoms with E-state index >= 15 is 0 Å². The first-order chi connectivity index (χ1) is 8.88. The van der Waals surface area contributed by atoms with Crippen LogP contribution in [0.1, 0.15) is 31.7 Å². The molecule has 0 spiro atoms. The van der Waals surface area contributed by atoms with Gasteiger partial charge in [-0.3, -0.25) is 0 Å². The van der Waals surface area contributed by atoms with Crippen LogP contribution in [0.4, 0.5) is 19.0 Å². The minimum Gasteiger partial charge on any atom is -0.366 e. The van der Waals surface area contributed by atoms with Crippen LogP contribution in [0.15, 0.2) is 16.7 Å². The third-order valence-electron chi connectivity index (χ3n) is 2.69. The quantitative estimate of drug-likeness (QED) is 0.828. The Morgan fingerprint density at radius 3 is 2.68 bits per heavy atom. The van der Waals surface area contributed by atoms with Crippen molar-refractivity contribution in [1.82, 2.24) is 4.98 Å². The molecule has 1 unspecified atom stereocenters. The van der Waals surface area contributed by atoms with Crippen molar-refractivity contribution in [3.8, 4) is 0 Å². The van der Waals surface area contributed by atoms with Gasteiger partial charge in [0.2, 0.25) is 0 Å². The first-order valence-corrected chi connectivity index (χ1v) is 6.87. The molecule has 1 aromatic rings. The van der Waals surface area contributed by atoms with Crippen LogP contribution in [0.2, 0.25) is 0 Å². The van der Waals surface area contributed by atoms with Crippen molar-refractivity contribution in [2.45, 2.75) is 38.4 Å². The molecule has 0 amide bonds. The van der Waals surface area contributed by atoms with E-state index in [1.807, 2.05) is 6.92 Å². The normalized spacial score (nSPS) is 13.4. The largest absolute Gasteiger partial charge is 0.419 e. The van der Waals surface area contributed by atoms with Crippen LogP contribution in [-0.2, 0) is 6.18 Å². The summed E-state index contributed by atoms with van der Waals surface area (Å²) < 4.78 is 39.0. The Bertz CT molecular complexity index is 410. The third kappa shape index (κ3) is 4.99. The second-order valence-corrected chi connectivity index (χ2v) is 5.18. The Hall–Kier alpha value is -0.820. The molecular weight excluding hydrogens is 323 g/mol. The summed E-state index contributed by atoms with van der Waals surface area (Å²) in [7, 11) is 0. The molecule has 3 N–H and O–H groups in total. The van der Waals surface area contributed by atoms with E-state index < -0.39 is 11.7 Å². The standard InChI is InChI=1S/C12H17BrF3N3/c1-2-3-4-9(6-17)19-11-10(12(14,15)16)5-8(13)7-18-11/h5,7,9H,2-4,6,17H2,1H3,(H,18,19). The van der Waals surface area contributed by atoms with Crippen LogP contribution in [0, 0.1) is 0 Å². The topological polar surface area (TPSA) is 50.9 Å². The van der Waals surface area contributed by atoms with Gasteiger partial charge in [-0.25, -0.2) is 4.98 Å². The molecule has 19 heavy (non-hydrogen) atoms. The highest BCUT2D eigenvalue weighted by atomic mass is 79.9. The van der Waals surface area contributed by atoms with Gasteiger partial charge >= 0.3 is 6.18 Å². The van der Waals surface area contributed by atoms with Crippen LogP contribution >= 0.6 is 15.9 Å². The smallest absolute Gasteiger partial charge is 0.366 e. The van der Waals surface area contributed by atoms with Crippen molar-refractivity contribution in [3.63, 3.8) is 0 Å². The summed E-state index contributed by atoms with van der Waals surface area (Å²) in [5.41, 5.74) is 4.79. The zero-order chi connectivity index (χ0) is 14.5. The number of aromatic nitrogens is 1. The fraction of sp³-hybridized carbons (Fsp3) is 0.583. The van der Waals surface area contributed by atoms with Crippen LogP contribution in [0.3, 0.4) is 0 Å². The van der Waals surface area contributed by atoms with E-state index in [0.29, 0.717) is 4.47 Å². The molecule has 1 aromatic heterocycles. The number of unbranched alkanes of at least 4 members (excludes halogenated alkanes) is 1. The molecule has 0 saturated carbocycles. The maximum absolute atomic E-state index is 12.9. The lowest BCUT2D eigenvalue weighted by Crippen LogP contribution is -2.30. The second kappa shape index (κ2) is 7.09. The molecule has 0 aliphatic carbocycles. The van der Waals surface area contributed by atoms with Gasteiger partial charge in [0.25, 0.3) is 0 Å². The molecule has 108 valence electrons. The van der Waals surface area contributed by atoms with Gasteiger partial charge in [0, 0.05) is 23.3 Å². The predicted molar refractivity (Wildman–Crippen MR) is 72.9 cm³/mol. The Morgan fingerprint density at radius 2 is 2.16 bits per heavy atom. The molecule has 0 aliphatic heterocycles. The van der Waals surface area contributed by atoms with Crippen molar-refractivity contribution < 1.29 is 13.2 Å². The second-order valence-electron chi connectivity index (χ2n) is 4.27. The van der Waals surface area contributed by atoms with Gasteiger partial charge in [-0.1, -0.05) is 19.8 Å². The molecule has 0 radical (unpaired) electrons. The fourth-order valence-corrected chi connectivity index (χ4v) is 1.99. The maximum Gasteiger partial charge on any atom is 0.419 e. The van der Waals surface area contributed by atoms with Gasteiger partial charge in [-0.2, -0.15) is 13.2 Å². The maximum atomic E-state index is 12.9. The summed E-state index contributed by atoms with van der Waals surface area (Å²) in [5.74, 6) is -0.165. The fourth-order valence-electron chi connectivity index (χ4n) is 1.66. The molecule has 0 aromatic carbocycles. The minimum absolute atomic E-state index is 0.165. The van der Waals surface area contributed by atoms with Gasteiger partial charge < -0.3 is 11.1 Å². The highest BCUT2D eigenvalue weighted by Crippen LogP contribution is 2.35. The lowest BCUT2D eigenvalue weighted by atomic mass is 10.1. The summed E-state index contributed by atoms with van der Waals surface area (Å²) in [5, 5.41) is 2.79. The van der Waals surface area contributed by atoms with Crippen LogP contribution in [-0.4, -0.2) is 17.6 Å². The summed E-state index contributed by atoms with van der Waals surface area (Å²) >= 11 is 3.00. The number of hydrogen-bond donors (Lipinski definition) is 2. The number of nitrogens with zero attached hydrogens (tertiary/aromatic N) is 1. The van der Waals surface area contributed by atoms with Crippen LogP contribution < -0.4 is 11.1 Å². The summed E-state index contributed by atoms with van der Waals surface area (Å²) in [6.07, 6.45) is -0.499. The highest BCUT2D eigenvalue weighted by molar-refractivity contribution is 9.10. The van der Waals surface area contributed by atoms with Gasteiger partial charge in [-0.15, -0.1) is 0 Å². The molecule has 3 nitrogen and oxygen atoms in total. The number of pyridine rings is 1. The molecule has 7 heteroatoms. The number of alkyl halides is 3. The van der Waals surface area contributed by atoms with Crippen LogP contribution in [0.25, 0.3) is 0 Å². The van der Waals surface area contributed by atoms with E-state index in [-0.39, 0.29) is 18.4 Å². The number of anilines is 1. The lowest BCUT2D eigenvalue weighted by Gasteiger charge is -2.20. The molecule has 1 rings (SSSR count). The van der Waals surface area contributed by atoms with Gasteiger partial charge in [0.15, 0.2) is 0 Å². The molecule has 0 bridgehead atoms. The zero-order valence-corrected chi connectivity index (χ0v) is 12.2. The van der Waals surface area contributed by atoms with Gasteiger partial charge in [0.05, 0.1) is 5.56 Å². The average Bonchev–Trinajstić information content (AvgIpc) is 2.34. The van der Waals surface area contributed by atoms with E-state index in [1.54, 1.807) is 0 Å². The van der Waals surface area contributed by atoms with Crippen molar-refractivity contribution >= 4 is 21.7 Å². The minimum atomic E-state index is -4.44. The summed E-state index contributed by atoms with van der Waals surface area (Å²) in [6.45, 7) is 2.29. The highest BCUT2D eigenvalue weighted by Gasteiger charge is 2.35. The molecule has 1 atom stereocenters. The number of nitrogens with one attached hydrogen (secondary N) is 1. The Balaban J connectivity index is 2.93. The van der Waals surface area contributed by atoms with Crippen LogP contribution in [0.5, 0.6) is 0 Å². The molecule has 0 fully saturated rings. The molecular formula is C12H17BrF3N3. The number of rotatable bonds is 6. The Kier molecular flexibility index (Phi) is 6.06. The van der Waals surface area contributed by atoms with E-state index in [4.69, 9.17) is 5.73 Å². The Morgan fingerprint density at radius 1 is 1.47 bits per heavy atom. The van der Waals surface area contributed by atoms with Crippen molar-refractivity contribution in [2.75, 3.05) is 11.9 Å². The average molecular weight is 340 g/mol. The summed E-state index contributed by atoms with van der Waals surface area (Å²) in [6, 6.07) is 0.817. The zero-order valence-electron chi connectivity index (χ0n) is 10.6. The first-order valence-electron chi connectivity index (χ1n) is 6.07. The van der Waals surface area contributed by atoms with Crippen molar-refractivity contribution in [2.24, 2.45) is 5.73 Å². The SMILES string of the molecule is CCCCC(CN)Nc1ncc(Br)cc1C(F)(F)F. The van der Waals surface area contributed by atoms with Gasteiger partial charge in [-0.05, 0) is 28.4 Å². The van der Waals surface area contributed by atoms with E-state index in [9.17, 15) is 13.2 Å². The van der Waals surface area contributed by atoms with E-state index in [1.165, 1.54) is 6.20 Å². The van der Waals surface area contributed by atoms with Gasteiger partial charge in [0.1, 0.15) is 5.82 Å². The Labute approximate surface area is 118 Å².